The van der Waals surface area contributed by atoms with E-state index in [0.29, 0.717) is 25.4 Å². The second-order valence-electron chi connectivity index (χ2n) is 6.97. The van der Waals surface area contributed by atoms with E-state index >= 15 is 0 Å². The van der Waals surface area contributed by atoms with Crippen molar-refractivity contribution in [1.82, 2.24) is 20.4 Å². The number of hydrogen-bond acceptors (Lipinski definition) is 3. The predicted molar refractivity (Wildman–Crippen MR) is 106 cm³/mol. The summed E-state index contributed by atoms with van der Waals surface area (Å²) in [5.74, 6) is 1.29. The quantitative estimate of drug-likeness (QED) is 0.362. The minimum absolute atomic E-state index is 0. The number of aliphatic imine (C=N–C) groups is 1. The molecule has 0 bridgehead atoms. The fourth-order valence-corrected chi connectivity index (χ4v) is 3.50. The second kappa shape index (κ2) is 10.8. The topological polar surface area (TPSA) is 42.9 Å². The van der Waals surface area contributed by atoms with Crippen molar-refractivity contribution in [2.24, 2.45) is 10.9 Å². The van der Waals surface area contributed by atoms with E-state index in [0.717, 1.165) is 32.1 Å². The molecule has 0 radical (unpaired) electrons. The van der Waals surface area contributed by atoms with E-state index in [1.807, 2.05) is 6.92 Å². The average Bonchev–Trinajstić information content (AvgIpc) is 2.90. The van der Waals surface area contributed by atoms with Crippen LogP contribution in [-0.4, -0.2) is 80.8 Å². The van der Waals surface area contributed by atoms with Gasteiger partial charge in [0.2, 0.25) is 0 Å². The van der Waals surface area contributed by atoms with Crippen LogP contribution < -0.4 is 10.6 Å². The molecule has 0 saturated carbocycles. The maximum absolute atomic E-state index is 12.5. The molecule has 0 aromatic carbocycles. The fraction of sp³-hybridized carbons (Fsp3) is 0.938. The summed E-state index contributed by atoms with van der Waals surface area (Å²) in [6.45, 7) is 5.78. The normalized spacial score (nSPS) is 26.4. The Kier molecular flexibility index (Phi) is 9.79. The number of nitrogens with zero attached hydrogens (tertiary/aromatic N) is 3. The molecular formula is C16H31F3IN5. The summed E-state index contributed by atoms with van der Waals surface area (Å²) in [7, 11) is 2.13. The third kappa shape index (κ3) is 8.76. The van der Waals surface area contributed by atoms with Crippen LogP contribution >= 0.6 is 24.0 Å². The highest BCUT2D eigenvalue weighted by atomic mass is 127. The first-order valence-corrected chi connectivity index (χ1v) is 8.88. The molecule has 0 amide bonds. The van der Waals surface area contributed by atoms with Crippen LogP contribution in [0.15, 0.2) is 4.99 Å². The molecule has 0 aromatic rings. The van der Waals surface area contributed by atoms with Gasteiger partial charge in [-0.1, -0.05) is 0 Å². The van der Waals surface area contributed by atoms with Crippen LogP contribution in [0, 0.1) is 5.92 Å². The van der Waals surface area contributed by atoms with Crippen LogP contribution in [0.2, 0.25) is 0 Å². The van der Waals surface area contributed by atoms with E-state index in [9.17, 15) is 13.2 Å². The van der Waals surface area contributed by atoms with Gasteiger partial charge in [-0.25, -0.2) is 0 Å². The maximum Gasteiger partial charge on any atom is 0.401 e. The zero-order valence-corrected chi connectivity index (χ0v) is 17.4. The van der Waals surface area contributed by atoms with E-state index in [-0.39, 0.29) is 30.0 Å². The summed E-state index contributed by atoms with van der Waals surface area (Å²) in [5.41, 5.74) is 0. The number of rotatable bonds is 5. The highest BCUT2D eigenvalue weighted by Gasteiger charge is 2.34. The number of halogens is 4. The molecule has 0 spiro atoms. The van der Waals surface area contributed by atoms with Crippen molar-refractivity contribution in [3.05, 3.63) is 0 Å². The van der Waals surface area contributed by atoms with Crippen LogP contribution in [-0.2, 0) is 0 Å². The standard InChI is InChI=1S/C16H30F3N5.HI/c1-3-20-15(21-9-13-5-4-7-23(2)10-13)22-14-6-8-24(11-14)12-16(17,18)19;/h13-14H,3-12H2,1-2H3,(H2,20,21,22);1H. The zero-order valence-electron chi connectivity index (χ0n) is 15.1. The average molecular weight is 477 g/mol. The molecule has 2 fully saturated rings. The summed E-state index contributed by atoms with van der Waals surface area (Å²) in [5, 5.41) is 6.51. The van der Waals surface area contributed by atoms with Gasteiger partial charge in [-0.15, -0.1) is 24.0 Å². The smallest absolute Gasteiger partial charge is 0.357 e. The Labute approximate surface area is 165 Å². The Hall–Kier alpha value is -0.290. The number of likely N-dealkylation sites (tertiary alicyclic amines) is 2. The maximum atomic E-state index is 12.5. The molecule has 2 N–H and O–H groups in total. The Balaban J connectivity index is 0.00000312. The van der Waals surface area contributed by atoms with Crippen molar-refractivity contribution in [1.29, 1.82) is 0 Å². The van der Waals surface area contributed by atoms with E-state index in [4.69, 9.17) is 0 Å². The van der Waals surface area contributed by atoms with Gasteiger partial charge in [0.25, 0.3) is 0 Å². The molecule has 2 atom stereocenters. The van der Waals surface area contributed by atoms with Crippen molar-refractivity contribution in [2.75, 3.05) is 52.9 Å². The van der Waals surface area contributed by atoms with Gasteiger partial charge >= 0.3 is 6.18 Å². The summed E-state index contributed by atoms with van der Waals surface area (Å²) < 4.78 is 37.4. The van der Waals surface area contributed by atoms with E-state index in [2.05, 4.69) is 27.6 Å². The van der Waals surface area contributed by atoms with Crippen molar-refractivity contribution in [2.45, 2.75) is 38.4 Å². The number of hydrogen-bond donors (Lipinski definition) is 2. The zero-order chi connectivity index (χ0) is 17.6. The van der Waals surface area contributed by atoms with Crippen LogP contribution in [0.4, 0.5) is 13.2 Å². The third-order valence-electron chi connectivity index (χ3n) is 4.59. The van der Waals surface area contributed by atoms with Gasteiger partial charge in [-0.2, -0.15) is 13.2 Å². The van der Waals surface area contributed by atoms with Gasteiger partial charge in [0.1, 0.15) is 0 Å². The molecule has 2 rings (SSSR count). The molecule has 2 saturated heterocycles. The lowest BCUT2D eigenvalue weighted by molar-refractivity contribution is -0.143. The minimum atomic E-state index is -4.12. The lowest BCUT2D eigenvalue weighted by atomic mass is 9.99. The molecule has 2 aliphatic rings. The van der Waals surface area contributed by atoms with Crippen molar-refractivity contribution in [3.63, 3.8) is 0 Å². The van der Waals surface area contributed by atoms with Crippen LogP contribution in [0.5, 0.6) is 0 Å². The van der Waals surface area contributed by atoms with E-state index < -0.39 is 12.7 Å². The molecule has 9 heteroatoms. The summed E-state index contributed by atoms with van der Waals surface area (Å²) in [6.07, 6.45) is -1.02. The third-order valence-corrected chi connectivity index (χ3v) is 4.59. The summed E-state index contributed by atoms with van der Waals surface area (Å²) >= 11 is 0. The molecule has 0 aliphatic carbocycles. The lowest BCUT2D eigenvalue weighted by Crippen LogP contribution is -2.45. The largest absolute Gasteiger partial charge is 0.401 e. The second-order valence-corrected chi connectivity index (χ2v) is 6.97. The molecular weight excluding hydrogens is 446 g/mol. The number of alkyl halides is 3. The molecule has 148 valence electrons. The lowest BCUT2D eigenvalue weighted by Gasteiger charge is -2.29. The number of piperidine rings is 1. The summed E-state index contributed by atoms with van der Waals surface area (Å²) in [6, 6.07) is 0.0270. The Morgan fingerprint density at radius 2 is 1.96 bits per heavy atom. The van der Waals surface area contributed by atoms with Gasteiger partial charge in [-0.05, 0) is 45.7 Å². The SMILES string of the molecule is CCNC(=NCC1CCCN(C)C1)NC1CCN(CC(F)(F)F)C1.I. The molecule has 0 aromatic heterocycles. The first kappa shape index (κ1) is 22.8. The highest BCUT2D eigenvalue weighted by Crippen LogP contribution is 2.20. The molecule has 2 aliphatic heterocycles. The van der Waals surface area contributed by atoms with Gasteiger partial charge in [0.05, 0.1) is 6.54 Å². The molecule has 2 heterocycles. The van der Waals surface area contributed by atoms with Crippen molar-refractivity contribution < 1.29 is 13.2 Å². The Morgan fingerprint density at radius 3 is 2.60 bits per heavy atom. The van der Waals surface area contributed by atoms with Gasteiger partial charge in [0, 0.05) is 38.8 Å². The van der Waals surface area contributed by atoms with Crippen LogP contribution in [0.1, 0.15) is 26.2 Å². The van der Waals surface area contributed by atoms with E-state index in [1.165, 1.54) is 17.7 Å². The minimum Gasteiger partial charge on any atom is -0.357 e. The summed E-state index contributed by atoms with van der Waals surface area (Å²) in [4.78, 5) is 8.45. The number of nitrogens with one attached hydrogen (secondary N) is 2. The first-order chi connectivity index (χ1) is 11.4. The van der Waals surface area contributed by atoms with Gasteiger partial charge in [-0.3, -0.25) is 9.89 Å². The fourth-order valence-electron chi connectivity index (χ4n) is 3.50. The molecule has 5 nitrogen and oxygen atoms in total. The number of guanidine groups is 1. The Morgan fingerprint density at radius 1 is 1.20 bits per heavy atom. The Bertz CT molecular complexity index is 419. The molecule has 25 heavy (non-hydrogen) atoms. The van der Waals surface area contributed by atoms with E-state index in [1.54, 1.807) is 0 Å². The van der Waals surface area contributed by atoms with Crippen LogP contribution in [0.25, 0.3) is 0 Å². The first-order valence-electron chi connectivity index (χ1n) is 8.88. The predicted octanol–water partition coefficient (Wildman–Crippen LogP) is 2.14. The highest BCUT2D eigenvalue weighted by molar-refractivity contribution is 14.0. The van der Waals surface area contributed by atoms with Crippen molar-refractivity contribution in [3.8, 4) is 0 Å². The molecule has 2 unspecified atom stereocenters. The van der Waals surface area contributed by atoms with Crippen LogP contribution in [0.3, 0.4) is 0 Å². The van der Waals surface area contributed by atoms with Gasteiger partial charge < -0.3 is 15.5 Å². The van der Waals surface area contributed by atoms with Gasteiger partial charge in [0.15, 0.2) is 5.96 Å². The van der Waals surface area contributed by atoms with Crippen molar-refractivity contribution >= 4 is 29.9 Å². The monoisotopic (exact) mass is 477 g/mol.